The van der Waals surface area contributed by atoms with Crippen LogP contribution in [0.2, 0.25) is 5.02 Å². The van der Waals surface area contributed by atoms with Crippen LogP contribution < -0.4 is 0 Å². The summed E-state index contributed by atoms with van der Waals surface area (Å²) < 4.78 is 13.3. The van der Waals surface area contributed by atoms with E-state index in [1.807, 2.05) is 13.0 Å². The first-order valence-electron chi connectivity index (χ1n) is 5.64. The van der Waals surface area contributed by atoms with Gasteiger partial charge in [0.1, 0.15) is 5.82 Å². The summed E-state index contributed by atoms with van der Waals surface area (Å²) in [5.74, 6) is -0.212. The zero-order chi connectivity index (χ0) is 13.3. The van der Waals surface area contributed by atoms with Crippen molar-refractivity contribution in [3.8, 4) is 0 Å². The number of rotatable bonds is 1. The lowest BCUT2D eigenvalue weighted by Gasteiger charge is -2.30. The zero-order valence-electron chi connectivity index (χ0n) is 9.86. The van der Waals surface area contributed by atoms with Gasteiger partial charge in [-0.25, -0.2) is 9.18 Å². The molecular formula is C13H13ClFNO2. The predicted octanol–water partition coefficient (Wildman–Crippen LogP) is 3.84. The summed E-state index contributed by atoms with van der Waals surface area (Å²) in [5, 5.41) is 9.44. The van der Waals surface area contributed by atoms with Crippen molar-refractivity contribution >= 4 is 23.4 Å². The molecule has 0 saturated heterocycles. The molecule has 0 spiro atoms. The number of halogens is 2. The first-order chi connectivity index (χ1) is 8.47. The molecule has 3 nitrogen and oxygen atoms in total. The van der Waals surface area contributed by atoms with Crippen molar-refractivity contribution in [1.29, 1.82) is 0 Å². The van der Waals surface area contributed by atoms with E-state index in [9.17, 15) is 14.3 Å². The van der Waals surface area contributed by atoms with Gasteiger partial charge in [0.05, 0.1) is 5.70 Å². The average Bonchev–Trinajstić information content (AvgIpc) is 2.27. The second-order valence-electron chi connectivity index (χ2n) is 4.48. The van der Waals surface area contributed by atoms with Crippen LogP contribution in [0.25, 0.3) is 5.70 Å². The van der Waals surface area contributed by atoms with Crippen molar-refractivity contribution in [1.82, 2.24) is 4.90 Å². The van der Waals surface area contributed by atoms with Crippen LogP contribution >= 0.6 is 11.6 Å². The minimum absolute atomic E-state index is 0.258. The van der Waals surface area contributed by atoms with Gasteiger partial charge in [0.2, 0.25) is 0 Å². The number of nitrogens with zero attached hydrogens (tertiary/aromatic N) is 1. The summed E-state index contributed by atoms with van der Waals surface area (Å²) in [4.78, 5) is 12.4. The maximum Gasteiger partial charge on any atom is 0.411 e. The van der Waals surface area contributed by atoms with E-state index in [1.54, 1.807) is 6.07 Å². The largest absolute Gasteiger partial charge is 0.465 e. The Labute approximate surface area is 109 Å². The first kappa shape index (κ1) is 12.9. The number of hydrogen-bond acceptors (Lipinski definition) is 1. The molecule has 1 amide bonds. The van der Waals surface area contributed by atoms with E-state index in [1.165, 1.54) is 17.0 Å². The van der Waals surface area contributed by atoms with Gasteiger partial charge in [-0.15, -0.1) is 0 Å². The highest BCUT2D eigenvalue weighted by Crippen LogP contribution is 2.29. The van der Waals surface area contributed by atoms with Gasteiger partial charge in [0.25, 0.3) is 0 Å². The van der Waals surface area contributed by atoms with Crippen LogP contribution in [0.4, 0.5) is 9.18 Å². The van der Waals surface area contributed by atoms with E-state index < -0.39 is 11.9 Å². The topological polar surface area (TPSA) is 40.5 Å². The minimum atomic E-state index is -1.03. The molecule has 1 aliphatic rings. The fourth-order valence-corrected chi connectivity index (χ4v) is 2.29. The maximum absolute atomic E-state index is 13.3. The number of carbonyl (C=O) groups is 1. The second kappa shape index (κ2) is 4.98. The Balaban J connectivity index is 2.43. The summed E-state index contributed by atoms with van der Waals surface area (Å²) in [6.07, 6.45) is 1.55. The molecule has 5 heteroatoms. The van der Waals surface area contributed by atoms with Crippen molar-refractivity contribution in [3.05, 3.63) is 40.7 Å². The second-order valence-corrected chi connectivity index (χ2v) is 4.92. The summed E-state index contributed by atoms with van der Waals surface area (Å²) in [6.45, 7) is 2.39. The van der Waals surface area contributed by atoms with Crippen molar-refractivity contribution in [2.75, 3.05) is 6.54 Å². The Morgan fingerprint density at radius 2 is 2.22 bits per heavy atom. The van der Waals surface area contributed by atoms with Crippen LogP contribution in [0.3, 0.4) is 0 Å². The maximum atomic E-state index is 13.3. The van der Waals surface area contributed by atoms with E-state index >= 15 is 0 Å². The molecule has 0 bridgehead atoms. The van der Waals surface area contributed by atoms with Crippen LogP contribution in [-0.2, 0) is 0 Å². The van der Waals surface area contributed by atoms with E-state index in [4.69, 9.17) is 11.6 Å². The molecule has 0 aliphatic carbocycles. The van der Waals surface area contributed by atoms with Gasteiger partial charge in [-0.05, 0) is 30.5 Å². The first-order valence-corrected chi connectivity index (χ1v) is 6.02. The van der Waals surface area contributed by atoms with Crippen LogP contribution in [0.15, 0.2) is 24.3 Å². The predicted molar refractivity (Wildman–Crippen MR) is 67.9 cm³/mol. The fourth-order valence-electron chi connectivity index (χ4n) is 2.06. The Bertz CT molecular complexity index is 495. The SMILES string of the molecule is CC1CC=C(c2cc(F)cc(Cl)c2)N(C(=O)O)C1. The van der Waals surface area contributed by atoms with Gasteiger partial charge in [-0.3, -0.25) is 4.90 Å². The summed E-state index contributed by atoms with van der Waals surface area (Å²) >= 11 is 5.79. The third kappa shape index (κ3) is 2.64. The van der Waals surface area contributed by atoms with Crippen molar-refractivity contribution in [3.63, 3.8) is 0 Å². The van der Waals surface area contributed by atoms with Gasteiger partial charge >= 0.3 is 6.09 Å². The quantitative estimate of drug-likeness (QED) is 0.841. The molecule has 18 heavy (non-hydrogen) atoms. The Morgan fingerprint density at radius 1 is 1.50 bits per heavy atom. The highest BCUT2D eigenvalue weighted by Gasteiger charge is 2.25. The Kier molecular flexibility index (Phi) is 3.57. The van der Waals surface area contributed by atoms with Gasteiger partial charge in [0, 0.05) is 17.1 Å². The van der Waals surface area contributed by atoms with Crippen molar-refractivity contribution in [2.24, 2.45) is 5.92 Å². The van der Waals surface area contributed by atoms with Crippen LogP contribution in [0, 0.1) is 11.7 Å². The summed E-state index contributed by atoms with van der Waals surface area (Å²) in [7, 11) is 0. The van der Waals surface area contributed by atoms with E-state index in [2.05, 4.69) is 0 Å². The molecule has 1 unspecified atom stereocenters. The lowest BCUT2D eigenvalue weighted by molar-refractivity contribution is 0.159. The molecule has 1 heterocycles. The molecule has 1 aromatic carbocycles. The fraction of sp³-hybridized carbons (Fsp3) is 0.308. The zero-order valence-corrected chi connectivity index (χ0v) is 10.6. The van der Waals surface area contributed by atoms with Gasteiger partial charge in [-0.1, -0.05) is 24.6 Å². The van der Waals surface area contributed by atoms with Gasteiger partial charge in [0.15, 0.2) is 0 Å². The van der Waals surface area contributed by atoms with Crippen LogP contribution in [-0.4, -0.2) is 22.6 Å². The molecular weight excluding hydrogens is 257 g/mol. The lowest BCUT2D eigenvalue weighted by atomic mass is 9.98. The number of allylic oxidation sites excluding steroid dienone is 1. The molecule has 2 rings (SSSR count). The van der Waals surface area contributed by atoms with Crippen LogP contribution in [0.1, 0.15) is 18.9 Å². The molecule has 0 fully saturated rings. The molecule has 1 aliphatic heterocycles. The third-order valence-corrected chi connectivity index (χ3v) is 3.11. The number of amides is 1. The Morgan fingerprint density at radius 3 is 2.83 bits per heavy atom. The average molecular weight is 270 g/mol. The van der Waals surface area contributed by atoms with Crippen molar-refractivity contribution < 1.29 is 14.3 Å². The van der Waals surface area contributed by atoms with Gasteiger partial charge in [-0.2, -0.15) is 0 Å². The number of benzene rings is 1. The highest BCUT2D eigenvalue weighted by molar-refractivity contribution is 6.30. The van der Waals surface area contributed by atoms with E-state index in [-0.39, 0.29) is 10.9 Å². The Hall–Kier alpha value is -1.55. The molecule has 96 valence electrons. The summed E-state index contributed by atoms with van der Waals surface area (Å²) in [5.41, 5.74) is 0.997. The number of hydrogen-bond donors (Lipinski definition) is 1. The molecule has 1 atom stereocenters. The molecule has 1 aromatic rings. The van der Waals surface area contributed by atoms with Crippen LogP contribution in [0.5, 0.6) is 0 Å². The van der Waals surface area contributed by atoms with E-state index in [0.29, 0.717) is 17.8 Å². The van der Waals surface area contributed by atoms with E-state index in [0.717, 1.165) is 6.42 Å². The normalized spacial score (nSPS) is 19.6. The minimum Gasteiger partial charge on any atom is -0.465 e. The number of carboxylic acid groups (broad SMARTS) is 1. The smallest absolute Gasteiger partial charge is 0.411 e. The summed E-state index contributed by atoms with van der Waals surface area (Å²) in [6, 6.07) is 4.06. The lowest BCUT2D eigenvalue weighted by Crippen LogP contribution is -2.34. The molecule has 1 N–H and O–H groups in total. The highest BCUT2D eigenvalue weighted by atomic mass is 35.5. The molecule has 0 radical (unpaired) electrons. The molecule has 0 aromatic heterocycles. The standard InChI is InChI=1S/C13H13ClFNO2/c1-8-2-3-12(16(7-8)13(17)18)9-4-10(14)6-11(15)5-9/h3-6,8H,2,7H2,1H3,(H,17,18). The molecule has 0 saturated carbocycles. The third-order valence-electron chi connectivity index (χ3n) is 2.89. The van der Waals surface area contributed by atoms with Crippen molar-refractivity contribution in [2.45, 2.75) is 13.3 Å². The van der Waals surface area contributed by atoms with Gasteiger partial charge < -0.3 is 5.11 Å². The monoisotopic (exact) mass is 269 g/mol.